The highest BCUT2D eigenvalue weighted by Gasteiger charge is 1.94. The van der Waals surface area contributed by atoms with Crippen molar-refractivity contribution in [3.63, 3.8) is 0 Å². The minimum absolute atomic E-state index is 0.742. The number of ether oxygens (including phenoxy) is 2. The number of hydrogen-bond donors (Lipinski definition) is 1. The average Bonchev–Trinajstić information content (AvgIpc) is 2.35. The summed E-state index contributed by atoms with van der Waals surface area (Å²) in [5.41, 5.74) is 2.45. The van der Waals surface area contributed by atoms with Gasteiger partial charge in [0.2, 0.25) is 0 Å². The zero-order valence-corrected chi connectivity index (χ0v) is 10.8. The Hall–Kier alpha value is -1.32. The molecule has 94 valence electrons. The van der Waals surface area contributed by atoms with Gasteiger partial charge in [-0.1, -0.05) is 23.8 Å². The summed E-state index contributed by atoms with van der Waals surface area (Å²) in [5.74, 6) is 0.888. The van der Waals surface area contributed by atoms with E-state index in [0.717, 1.165) is 31.0 Å². The number of hydrogen-bond acceptors (Lipinski definition) is 3. The van der Waals surface area contributed by atoms with E-state index in [1.807, 2.05) is 18.2 Å². The van der Waals surface area contributed by atoms with Crippen LogP contribution in [0.1, 0.15) is 12.5 Å². The maximum Gasteiger partial charge on any atom is 0.119 e. The summed E-state index contributed by atoms with van der Waals surface area (Å²) in [5, 5.41) is 3.31. The number of rotatable bonds is 7. The molecule has 0 saturated heterocycles. The average molecular weight is 235 g/mol. The molecular weight excluding hydrogens is 214 g/mol. The van der Waals surface area contributed by atoms with Crippen LogP contribution >= 0.6 is 0 Å². The van der Waals surface area contributed by atoms with Gasteiger partial charge in [0.05, 0.1) is 13.7 Å². The van der Waals surface area contributed by atoms with Crippen LogP contribution < -0.4 is 10.1 Å². The lowest BCUT2D eigenvalue weighted by Gasteiger charge is -2.05. The molecule has 0 fully saturated rings. The highest BCUT2D eigenvalue weighted by molar-refractivity contribution is 5.54. The van der Waals surface area contributed by atoms with Gasteiger partial charge in [0, 0.05) is 20.2 Å². The van der Waals surface area contributed by atoms with Crippen LogP contribution in [0.4, 0.5) is 0 Å². The van der Waals surface area contributed by atoms with E-state index in [2.05, 4.69) is 24.4 Å². The van der Waals surface area contributed by atoms with Crippen molar-refractivity contribution in [2.75, 3.05) is 33.9 Å². The van der Waals surface area contributed by atoms with E-state index < -0.39 is 0 Å². The Morgan fingerprint density at radius 2 is 2.18 bits per heavy atom. The fourth-order valence-corrected chi connectivity index (χ4v) is 1.53. The molecule has 17 heavy (non-hydrogen) atoms. The zero-order chi connectivity index (χ0) is 12.5. The smallest absolute Gasteiger partial charge is 0.119 e. The molecule has 0 unspecified atom stereocenters. The van der Waals surface area contributed by atoms with E-state index in [1.54, 1.807) is 14.2 Å². The van der Waals surface area contributed by atoms with Gasteiger partial charge in [-0.2, -0.15) is 0 Å². The minimum atomic E-state index is 0.742. The zero-order valence-electron chi connectivity index (χ0n) is 10.8. The molecule has 0 aliphatic carbocycles. The summed E-state index contributed by atoms with van der Waals surface area (Å²) < 4.78 is 10.2. The van der Waals surface area contributed by atoms with Crippen LogP contribution in [0.2, 0.25) is 0 Å². The van der Waals surface area contributed by atoms with Crippen LogP contribution in [0, 0.1) is 0 Å². The van der Waals surface area contributed by atoms with E-state index in [4.69, 9.17) is 9.47 Å². The van der Waals surface area contributed by atoms with Gasteiger partial charge in [0.15, 0.2) is 0 Å². The largest absolute Gasteiger partial charge is 0.497 e. The highest BCUT2D eigenvalue weighted by Crippen LogP contribution is 2.14. The molecule has 0 spiro atoms. The molecule has 1 N–H and O–H groups in total. The Morgan fingerprint density at radius 1 is 1.35 bits per heavy atom. The van der Waals surface area contributed by atoms with Crippen molar-refractivity contribution in [3.05, 3.63) is 35.4 Å². The third kappa shape index (κ3) is 5.52. The topological polar surface area (TPSA) is 30.5 Å². The van der Waals surface area contributed by atoms with Gasteiger partial charge in [0.1, 0.15) is 5.75 Å². The normalized spacial score (nSPS) is 11.6. The number of nitrogens with one attached hydrogen (secondary N) is 1. The van der Waals surface area contributed by atoms with Crippen molar-refractivity contribution < 1.29 is 9.47 Å². The lowest BCUT2D eigenvalue weighted by atomic mass is 10.1. The van der Waals surface area contributed by atoms with Gasteiger partial charge in [-0.05, 0) is 24.6 Å². The Labute approximate surface area is 103 Å². The van der Waals surface area contributed by atoms with Crippen molar-refractivity contribution in [2.24, 2.45) is 0 Å². The third-order valence-corrected chi connectivity index (χ3v) is 2.39. The Kier molecular flexibility index (Phi) is 6.37. The van der Waals surface area contributed by atoms with Crippen LogP contribution in [-0.2, 0) is 4.74 Å². The predicted octanol–water partition coefficient (Wildman–Crippen LogP) is 2.33. The molecule has 1 aromatic rings. The number of methoxy groups -OCH3 is 2. The molecule has 1 rings (SSSR count). The molecule has 0 atom stereocenters. The molecule has 0 radical (unpaired) electrons. The van der Waals surface area contributed by atoms with Crippen LogP contribution in [0.25, 0.3) is 6.08 Å². The van der Waals surface area contributed by atoms with Crippen LogP contribution in [0.3, 0.4) is 0 Å². The molecule has 0 aromatic heterocycles. The first-order chi connectivity index (χ1) is 8.26. The van der Waals surface area contributed by atoms with Crippen LogP contribution in [0.5, 0.6) is 5.75 Å². The summed E-state index contributed by atoms with van der Waals surface area (Å²) in [7, 11) is 3.39. The van der Waals surface area contributed by atoms with Crippen molar-refractivity contribution >= 4 is 6.08 Å². The fourth-order valence-electron chi connectivity index (χ4n) is 1.53. The molecule has 0 bridgehead atoms. The van der Waals surface area contributed by atoms with Crippen LogP contribution in [-0.4, -0.2) is 33.9 Å². The lowest BCUT2D eigenvalue weighted by molar-refractivity contribution is 0.200. The Morgan fingerprint density at radius 3 is 2.88 bits per heavy atom. The molecule has 0 aliphatic heterocycles. The van der Waals surface area contributed by atoms with Crippen molar-refractivity contribution in [3.8, 4) is 5.75 Å². The van der Waals surface area contributed by atoms with Gasteiger partial charge in [-0.3, -0.25) is 0 Å². The summed E-state index contributed by atoms with van der Waals surface area (Å²) in [4.78, 5) is 0. The molecule has 0 saturated carbocycles. The van der Waals surface area contributed by atoms with Gasteiger partial charge in [-0.25, -0.2) is 0 Å². The second-order valence-electron chi connectivity index (χ2n) is 3.94. The lowest BCUT2D eigenvalue weighted by Crippen LogP contribution is -2.20. The van der Waals surface area contributed by atoms with Gasteiger partial charge in [0.25, 0.3) is 0 Å². The molecule has 0 amide bonds. The van der Waals surface area contributed by atoms with Crippen molar-refractivity contribution in [2.45, 2.75) is 6.92 Å². The summed E-state index contributed by atoms with van der Waals surface area (Å²) in [6.45, 7) is 4.60. The maximum absolute atomic E-state index is 5.19. The fraction of sp³-hybridized carbons (Fsp3) is 0.429. The Bertz CT molecular complexity index is 361. The summed E-state index contributed by atoms with van der Waals surface area (Å²) in [6.07, 6.45) is 2.16. The van der Waals surface area contributed by atoms with Crippen LogP contribution in [0.15, 0.2) is 29.8 Å². The van der Waals surface area contributed by atoms with Gasteiger partial charge in [-0.15, -0.1) is 0 Å². The molecule has 3 heteroatoms. The molecule has 0 heterocycles. The molecule has 0 aliphatic rings. The van der Waals surface area contributed by atoms with Gasteiger partial charge >= 0.3 is 0 Å². The van der Waals surface area contributed by atoms with E-state index >= 15 is 0 Å². The minimum Gasteiger partial charge on any atom is -0.497 e. The molecule has 3 nitrogen and oxygen atoms in total. The highest BCUT2D eigenvalue weighted by atomic mass is 16.5. The SMILES string of the molecule is COCCNCC(C)=Cc1cccc(OC)c1. The first kappa shape index (κ1) is 13.7. The summed E-state index contributed by atoms with van der Waals surface area (Å²) >= 11 is 0. The van der Waals surface area contributed by atoms with E-state index in [0.29, 0.717) is 0 Å². The second-order valence-corrected chi connectivity index (χ2v) is 3.94. The molecule has 1 aromatic carbocycles. The predicted molar refractivity (Wildman–Crippen MR) is 71.4 cm³/mol. The van der Waals surface area contributed by atoms with E-state index in [1.165, 1.54) is 5.57 Å². The van der Waals surface area contributed by atoms with E-state index in [-0.39, 0.29) is 0 Å². The van der Waals surface area contributed by atoms with Crippen molar-refractivity contribution in [1.29, 1.82) is 0 Å². The quantitative estimate of drug-likeness (QED) is 0.736. The standard InChI is InChI=1S/C14H21NO2/c1-12(11-15-7-8-16-2)9-13-5-4-6-14(10-13)17-3/h4-6,9-10,15H,7-8,11H2,1-3H3. The first-order valence-electron chi connectivity index (χ1n) is 5.77. The Balaban J connectivity index is 2.48. The second kappa shape index (κ2) is 7.87. The number of benzene rings is 1. The maximum atomic E-state index is 5.19. The monoisotopic (exact) mass is 235 g/mol. The molecular formula is C14H21NO2. The third-order valence-electron chi connectivity index (χ3n) is 2.39. The van der Waals surface area contributed by atoms with Gasteiger partial charge < -0.3 is 14.8 Å². The van der Waals surface area contributed by atoms with Crippen molar-refractivity contribution in [1.82, 2.24) is 5.32 Å². The van der Waals surface area contributed by atoms with E-state index in [9.17, 15) is 0 Å². The first-order valence-corrected chi connectivity index (χ1v) is 5.77. The summed E-state index contributed by atoms with van der Waals surface area (Å²) in [6, 6.07) is 8.04.